The molecule has 1 unspecified atom stereocenters. The molecule has 0 spiro atoms. The minimum Gasteiger partial charge on any atom is -0.294 e. The van der Waals surface area contributed by atoms with Gasteiger partial charge in [0.2, 0.25) is 11.8 Å². The number of nitrogens with zero attached hydrogens (tertiary/aromatic N) is 1. The van der Waals surface area contributed by atoms with Gasteiger partial charge in [0.15, 0.2) is 0 Å². The van der Waals surface area contributed by atoms with Crippen molar-refractivity contribution in [2.75, 3.05) is 19.6 Å². The van der Waals surface area contributed by atoms with Crippen molar-refractivity contribution in [2.45, 2.75) is 19.3 Å². The Labute approximate surface area is 89.3 Å². The van der Waals surface area contributed by atoms with Gasteiger partial charge in [0.05, 0.1) is 13.1 Å². The first-order valence-corrected chi connectivity index (χ1v) is 5.44. The van der Waals surface area contributed by atoms with Gasteiger partial charge in [-0.3, -0.25) is 19.8 Å². The molecule has 0 aromatic heterocycles. The lowest BCUT2D eigenvalue weighted by atomic mass is 9.94. The standard InChI is InChI=1S/C11H16N2O2/c14-10-7-13(8-11(15)12-10)6-9-4-2-1-3-5-9/h1-2,9H,3-8H2,(H,12,14,15). The second kappa shape index (κ2) is 4.57. The average molecular weight is 208 g/mol. The van der Waals surface area contributed by atoms with E-state index >= 15 is 0 Å². The summed E-state index contributed by atoms with van der Waals surface area (Å²) in [6, 6.07) is 0. The second-order valence-electron chi connectivity index (χ2n) is 4.29. The van der Waals surface area contributed by atoms with E-state index in [1.54, 1.807) is 0 Å². The van der Waals surface area contributed by atoms with Crippen LogP contribution in [-0.2, 0) is 9.59 Å². The molecule has 15 heavy (non-hydrogen) atoms. The Morgan fingerprint density at radius 2 is 2.00 bits per heavy atom. The molecular weight excluding hydrogens is 192 g/mol. The van der Waals surface area contributed by atoms with E-state index in [0.29, 0.717) is 19.0 Å². The van der Waals surface area contributed by atoms with E-state index in [4.69, 9.17) is 0 Å². The molecule has 2 amide bonds. The van der Waals surface area contributed by atoms with Crippen molar-refractivity contribution in [2.24, 2.45) is 5.92 Å². The van der Waals surface area contributed by atoms with Gasteiger partial charge in [0.1, 0.15) is 0 Å². The van der Waals surface area contributed by atoms with Gasteiger partial charge in [-0.1, -0.05) is 12.2 Å². The van der Waals surface area contributed by atoms with Crippen LogP contribution in [-0.4, -0.2) is 36.3 Å². The molecule has 0 radical (unpaired) electrons. The number of imide groups is 1. The highest BCUT2D eigenvalue weighted by Gasteiger charge is 2.24. The van der Waals surface area contributed by atoms with Gasteiger partial charge in [0, 0.05) is 6.54 Å². The van der Waals surface area contributed by atoms with E-state index in [1.165, 1.54) is 6.42 Å². The van der Waals surface area contributed by atoms with E-state index in [-0.39, 0.29) is 11.8 Å². The fourth-order valence-corrected chi connectivity index (χ4v) is 2.21. The molecule has 1 aliphatic carbocycles. The highest BCUT2D eigenvalue weighted by atomic mass is 16.2. The smallest absolute Gasteiger partial charge is 0.240 e. The average Bonchev–Trinajstić information content (AvgIpc) is 2.17. The van der Waals surface area contributed by atoms with Crippen LogP contribution in [0.15, 0.2) is 12.2 Å². The molecule has 1 heterocycles. The minimum absolute atomic E-state index is 0.169. The normalized spacial score (nSPS) is 27.9. The number of carbonyl (C=O) groups excluding carboxylic acids is 2. The predicted molar refractivity (Wildman–Crippen MR) is 56.1 cm³/mol. The van der Waals surface area contributed by atoms with Crippen LogP contribution >= 0.6 is 0 Å². The van der Waals surface area contributed by atoms with Crippen molar-refractivity contribution >= 4 is 11.8 Å². The number of hydrogen-bond donors (Lipinski definition) is 1. The van der Waals surface area contributed by atoms with Gasteiger partial charge in [-0.25, -0.2) is 0 Å². The molecule has 1 N–H and O–H groups in total. The highest BCUT2D eigenvalue weighted by molar-refractivity contribution is 5.99. The fourth-order valence-electron chi connectivity index (χ4n) is 2.21. The van der Waals surface area contributed by atoms with Crippen LogP contribution in [0.1, 0.15) is 19.3 Å². The fraction of sp³-hybridized carbons (Fsp3) is 0.636. The summed E-state index contributed by atoms with van der Waals surface area (Å²) in [5.41, 5.74) is 0. The molecule has 2 aliphatic rings. The zero-order valence-corrected chi connectivity index (χ0v) is 8.74. The van der Waals surface area contributed by atoms with Crippen molar-refractivity contribution < 1.29 is 9.59 Å². The topological polar surface area (TPSA) is 49.4 Å². The summed E-state index contributed by atoms with van der Waals surface area (Å²) in [5, 5.41) is 2.31. The van der Waals surface area contributed by atoms with E-state index in [9.17, 15) is 9.59 Å². The summed E-state index contributed by atoms with van der Waals surface area (Å²) in [7, 11) is 0. The Bertz CT molecular complexity index is 283. The quantitative estimate of drug-likeness (QED) is 0.524. The Hall–Kier alpha value is -1.16. The molecule has 1 atom stereocenters. The number of allylic oxidation sites excluding steroid dienone is 2. The third kappa shape index (κ3) is 2.89. The Morgan fingerprint density at radius 1 is 1.27 bits per heavy atom. The maximum atomic E-state index is 11.1. The summed E-state index contributed by atoms with van der Waals surface area (Å²) < 4.78 is 0. The molecule has 0 aromatic carbocycles. The van der Waals surface area contributed by atoms with E-state index < -0.39 is 0 Å². The van der Waals surface area contributed by atoms with Gasteiger partial charge in [-0.2, -0.15) is 0 Å². The molecule has 4 nitrogen and oxygen atoms in total. The number of rotatable bonds is 2. The highest BCUT2D eigenvalue weighted by Crippen LogP contribution is 2.19. The van der Waals surface area contributed by atoms with Crippen LogP contribution in [0, 0.1) is 5.92 Å². The van der Waals surface area contributed by atoms with Crippen LogP contribution in [0.25, 0.3) is 0 Å². The van der Waals surface area contributed by atoms with Gasteiger partial charge in [-0.15, -0.1) is 0 Å². The van der Waals surface area contributed by atoms with Crippen LogP contribution in [0.2, 0.25) is 0 Å². The number of amides is 2. The van der Waals surface area contributed by atoms with Crippen LogP contribution in [0.3, 0.4) is 0 Å². The maximum Gasteiger partial charge on any atom is 0.240 e. The van der Waals surface area contributed by atoms with Gasteiger partial charge >= 0.3 is 0 Å². The van der Waals surface area contributed by atoms with E-state index in [1.807, 2.05) is 4.90 Å². The second-order valence-corrected chi connectivity index (χ2v) is 4.29. The van der Waals surface area contributed by atoms with Gasteiger partial charge < -0.3 is 0 Å². The minimum atomic E-state index is -0.169. The SMILES string of the molecule is O=C1CN(CC2CC=CCC2)CC(=O)N1. The Kier molecular flexibility index (Phi) is 3.16. The third-order valence-corrected chi connectivity index (χ3v) is 2.91. The largest absolute Gasteiger partial charge is 0.294 e. The van der Waals surface area contributed by atoms with Crippen LogP contribution in [0.5, 0.6) is 0 Å². The number of hydrogen-bond acceptors (Lipinski definition) is 3. The van der Waals surface area contributed by atoms with E-state index in [2.05, 4.69) is 17.5 Å². The molecule has 2 rings (SSSR count). The summed E-state index contributed by atoms with van der Waals surface area (Å²) in [6.07, 6.45) is 7.76. The molecule has 1 fully saturated rings. The zero-order chi connectivity index (χ0) is 10.7. The van der Waals surface area contributed by atoms with Gasteiger partial charge in [-0.05, 0) is 25.2 Å². The van der Waals surface area contributed by atoms with Crippen molar-refractivity contribution in [1.29, 1.82) is 0 Å². The molecule has 0 bridgehead atoms. The third-order valence-electron chi connectivity index (χ3n) is 2.91. The summed E-state index contributed by atoms with van der Waals surface area (Å²) in [6.45, 7) is 1.60. The van der Waals surface area contributed by atoms with E-state index in [0.717, 1.165) is 19.4 Å². The van der Waals surface area contributed by atoms with Crippen LogP contribution < -0.4 is 5.32 Å². The van der Waals surface area contributed by atoms with Crippen molar-refractivity contribution in [3.05, 3.63) is 12.2 Å². The monoisotopic (exact) mass is 208 g/mol. The predicted octanol–water partition coefficient (Wildman–Crippen LogP) is 0.301. The summed E-state index contributed by atoms with van der Waals surface area (Å²) >= 11 is 0. The summed E-state index contributed by atoms with van der Waals surface area (Å²) in [4.78, 5) is 24.2. The van der Waals surface area contributed by atoms with Gasteiger partial charge in [0.25, 0.3) is 0 Å². The molecule has 0 saturated carbocycles. The molecule has 1 saturated heterocycles. The molecule has 1 aliphatic heterocycles. The number of carbonyl (C=O) groups is 2. The molecule has 82 valence electrons. The first-order valence-electron chi connectivity index (χ1n) is 5.44. The maximum absolute atomic E-state index is 11.1. The lowest BCUT2D eigenvalue weighted by Crippen LogP contribution is -2.52. The summed E-state index contributed by atoms with van der Waals surface area (Å²) in [5.74, 6) is 0.268. The Morgan fingerprint density at radius 3 is 2.60 bits per heavy atom. The van der Waals surface area contributed by atoms with Crippen molar-refractivity contribution in [3.8, 4) is 0 Å². The molecule has 0 aromatic rings. The van der Waals surface area contributed by atoms with Crippen molar-refractivity contribution in [3.63, 3.8) is 0 Å². The van der Waals surface area contributed by atoms with Crippen molar-refractivity contribution in [1.82, 2.24) is 10.2 Å². The lowest BCUT2D eigenvalue weighted by Gasteiger charge is -2.29. The molecule has 4 heteroatoms. The lowest BCUT2D eigenvalue weighted by molar-refractivity contribution is -0.136. The Balaban J connectivity index is 1.85. The number of nitrogens with one attached hydrogen (secondary N) is 1. The zero-order valence-electron chi connectivity index (χ0n) is 8.74. The molecular formula is C11H16N2O2. The van der Waals surface area contributed by atoms with Crippen LogP contribution in [0.4, 0.5) is 0 Å². The first-order chi connectivity index (χ1) is 7.24. The first kappa shape index (κ1) is 10.4. The number of piperazine rings is 1.